The van der Waals surface area contributed by atoms with Gasteiger partial charge in [0, 0.05) is 13.6 Å². The summed E-state index contributed by atoms with van der Waals surface area (Å²) >= 11 is 0. The van der Waals surface area contributed by atoms with Gasteiger partial charge in [-0.2, -0.15) is 0 Å². The van der Waals surface area contributed by atoms with E-state index in [9.17, 15) is 9.90 Å². The zero-order valence-corrected chi connectivity index (χ0v) is 9.55. The first-order chi connectivity index (χ1) is 7.59. The standard InChI is InChI=1S/C12H16N2O2/c1-9(15)7-14-11-6-4-3-5-10(11)8-13(2)12(14)16/h3-6,9,15H,7-8H2,1-2H3. The van der Waals surface area contributed by atoms with Gasteiger partial charge in [0.2, 0.25) is 0 Å². The molecule has 0 saturated carbocycles. The monoisotopic (exact) mass is 220 g/mol. The van der Waals surface area contributed by atoms with Crippen molar-refractivity contribution in [3.63, 3.8) is 0 Å². The number of aliphatic hydroxyl groups excluding tert-OH is 1. The molecule has 16 heavy (non-hydrogen) atoms. The van der Waals surface area contributed by atoms with Gasteiger partial charge < -0.3 is 10.0 Å². The Hall–Kier alpha value is -1.55. The SMILES string of the molecule is CC(O)CN1C(=O)N(C)Cc2ccccc21. The molecule has 0 spiro atoms. The van der Waals surface area contributed by atoms with E-state index in [1.54, 1.807) is 23.8 Å². The maximum Gasteiger partial charge on any atom is 0.324 e. The van der Waals surface area contributed by atoms with Gasteiger partial charge in [-0.15, -0.1) is 0 Å². The van der Waals surface area contributed by atoms with Crippen molar-refractivity contribution in [2.45, 2.75) is 19.6 Å². The number of urea groups is 1. The molecule has 0 saturated heterocycles. The number of carbonyl (C=O) groups is 1. The summed E-state index contributed by atoms with van der Waals surface area (Å²) in [5.41, 5.74) is 2.02. The third kappa shape index (κ3) is 1.88. The molecule has 1 aliphatic rings. The fraction of sp³-hybridized carbons (Fsp3) is 0.417. The van der Waals surface area contributed by atoms with E-state index in [2.05, 4.69) is 0 Å². The lowest BCUT2D eigenvalue weighted by atomic mass is 10.1. The minimum Gasteiger partial charge on any atom is -0.392 e. The van der Waals surface area contributed by atoms with Gasteiger partial charge in [-0.25, -0.2) is 4.79 Å². The molecule has 0 bridgehead atoms. The Morgan fingerprint density at radius 3 is 2.81 bits per heavy atom. The topological polar surface area (TPSA) is 43.8 Å². The van der Waals surface area contributed by atoms with Crippen LogP contribution in [0.3, 0.4) is 0 Å². The van der Waals surface area contributed by atoms with Crippen LogP contribution < -0.4 is 4.90 Å². The van der Waals surface area contributed by atoms with E-state index in [0.717, 1.165) is 11.3 Å². The maximum absolute atomic E-state index is 12.0. The Morgan fingerprint density at radius 1 is 1.44 bits per heavy atom. The van der Waals surface area contributed by atoms with Gasteiger partial charge in [0.1, 0.15) is 0 Å². The van der Waals surface area contributed by atoms with Gasteiger partial charge >= 0.3 is 6.03 Å². The van der Waals surface area contributed by atoms with Crippen molar-refractivity contribution in [2.24, 2.45) is 0 Å². The van der Waals surface area contributed by atoms with Crippen LogP contribution in [0.4, 0.5) is 10.5 Å². The van der Waals surface area contributed by atoms with Crippen molar-refractivity contribution in [1.29, 1.82) is 0 Å². The molecule has 1 heterocycles. The lowest BCUT2D eigenvalue weighted by Gasteiger charge is -2.35. The second-order valence-corrected chi connectivity index (χ2v) is 4.23. The zero-order chi connectivity index (χ0) is 11.7. The molecule has 0 radical (unpaired) electrons. The van der Waals surface area contributed by atoms with Crippen molar-refractivity contribution < 1.29 is 9.90 Å². The summed E-state index contributed by atoms with van der Waals surface area (Å²) in [4.78, 5) is 15.3. The number of benzene rings is 1. The predicted molar refractivity (Wildman–Crippen MR) is 62.3 cm³/mol. The van der Waals surface area contributed by atoms with Crippen LogP contribution in [0.1, 0.15) is 12.5 Å². The summed E-state index contributed by atoms with van der Waals surface area (Å²) < 4.78 is 0. The van der Waals surface area contributed by atoms with Crippen LogP contribution in [-0.4, -0.2) is 35.7 Å². The third-order valence-electron chi connectivity index (χ3n) is 2.69. The average molecular weight is 220 g/mol. The molecule has 1 aliphatic heterocycles. The van der Waals surface area contributed by atoms with Crippen molar-refractivity contribution in [3.05, 3.63) is 29.8 Å². The number of carbonyl (C=O) groups excluding carboxylic acids is 1. The molecule has 86 valence electrons. The molecule has 4 nitrogen and oxygen atoms in total. The quantitative estimate of drug-likeness (QED) is 0.819. The fourth-order valence-electron chi connectivity index (χ4n) is 1.98. The largest absolute Gasteiger partial charge is 0.392 e. The van der Waals surface area contributed by atoms with Gasteiger partial charge in [0.15, 0.2) is 0 Å². The molecular formula is C12H16N2O2. The highest BCUT2D eigenvalue weighted by molar-refractivity contribution is 5.94. The zero-order valence-electron chi connectivity index (χ0n) is 9.55. The first-order valence-corrected chi connectivity index (χ1v) is 5.38. The van der Waals surface area contributed by atoms with Crippen LogP contribution in [-0.2, 0) is 6.54 Å². The highest BCUT2D eigenvalue weighted by Crippen LogP contribution is 2.27. The lowest BCUT2D eigenvalue weighted by molar-refractivity contribution is 0.184. The minimum atomic E-state index is -0.525. The van der Waals surface area contributed by atoms with Gasteiger partial charge in [0.25, 0.3) is 0 Å². The second-order valence-electron chi connectivity index (χ2n) is 4.23. The molecule has 2 rings (SSSR count). The summed E-state index contributed by atoms with van der Waals surface area (Å²) in [6.07, 6.45) is -0.525. The summed E-state index contributed by atoms with van der Waals surface area (Å²) in [7, 11) is 1.77. The Bertz CT molecular complexity index is 404. The normalized spacial score (nSPS) is 17.3. The number of anilines is 1. The highest BCUT2D eigenvalue weighted by atomic mass is 16.3. The highest BCUT2D eigenvalue weighted by Gasteiger charge is 2.28. The molecule has 1 aromatic carbocycles. The van der Waals surface area contributed by atoms with E-state index in [-0.39, 0.29) is 6.03 Å². The maximum atomic E-state index is 12.0. The Balaban J connectivity index is 2.38. The number of amides is 2. The van der Waals surface area contributed by atoms with E-state index in [1.807, 2.05) is 24.3 Å². The van der Waals surface area contributed by atoms with E-state index in [0.29, 0.717) is 13.1 Å². The number of aliphatic hydroxyl groups is 1. The van der Waals surface area contributed by atoms with E-state index < -0.39 is 6.10 Å². The summed E-state index contributed by atoms with van der Waals surface area (Å²) in [5.74, 6) is 0. The van der Waals surface area contributed by atoms with Crippen LogP contribution in [0.2, 0.25) is 0 Å². The lowest BCUT2D eigenvalue weighted by Crippen LogP contribution is -2.47. The number of nitrogens with zero attached hydrogens (tertiary/aromatic N) is 2. The van der Waals surface area contributed by atoms with Crippen molar-refractivity contribution in [3.8, 4) is 0 Å². The van der Waals surface area contributed by atoms with Crippen molar-refractivity contribution in [2.75, 3.05) is 18.5 Å². The van der Waals surface area contributed by atoms with E-state index in [1.165, 1.54) is 0 Å². The minimum absolute atomic E-state index is 0.0559. The van der Waals surface area contributed by atoms with Crippen LogP contribution in [0.15, 0.2) is 24.3 Å². The molecule has 0 aliphatic carbocycles. The molecule has 1 N–H and O–H groups in total. The number of hydrogen-bond donors (Lipinski definition) is 1. The number of hydrogen-bond acceptors (Lipinski definition) is 2. The first-order valence-electron chi connectivity index (χ1n) is 5.38. The van der Waals surface area contributed by atoms with E-state index >= 15 is 0 Å². The van der Waals surface area contributed by atoms with Crippen LogP contribution in [0, 0.1) is 0 Å². The molecule has 1 atom stereocenters. The molecule has 0 fully saturated rings. The van der Waals surface area contributed by atoms with Gasteiger partial charge in [0.05, 0.1) is 18.3 Å². The second kappa shape index (κ2) is 4.14. The number of rotatable bonds is 2. The fourth-order valence-corrected chi connectivity index (χ4v) is 1.98. The molecule has 0 aromatic heterocycles. The smallest absolute Gasteiger partial charge is 0.324 e. The molecule has 1 aromatic rings. The number of β-amino-alcohol motifs (C(OH)–C–C–N with tert-alkyl or cyclic N) is 1. The Labute approximate surface area is 95.1 Å². The van der Waals surface area contributed by atoms with Crippen molar-refractivity contribution >= 4 is 11.7 Å². The van der Waals surface area contributed by atoms with Crippen LogP contribution >= 0.6 is 0 Å². The van der Waals surface area contributed by atoms with E-state index in [4.69, 9.17) is 0 Å². The molecular weight excluding hydrogens is 204 g/mol. The van der Waals surface area contributed by atoms with Gasteiger partial charge in [-0.05, 0) is 18.6 Å². The molecule has 2 amide bonds. The third-order valence-corrected chi connectivity index (χ3v) is 2.69. The van der Waals surface area contributed by atoms with Crippen LogP contribution in [0.5, 0.6) is 0 Å². The average Bonchev–Trinajstić information content (AvgIpc) is 2.24. The number of fused-ring (bicyclic) bond motifs is 1. The van der Waals surface area contributed by atoms with Crippen LogP contribution in [0.25, 0.3) is 0 Å². The first kappa shape index (κ1) is 11.0. The Kier molecular flexibility index (Phi) is 2.83. The van der Waals surface area contributed by atoms with Gasteiger partial charge in [-0.1, -0.05) is 18.2 Å². The van der Waals surface area contributed by atoms with Crippen molar-refractivity contribution in [1.82, 2.24) is 4.90 Å². The summed E-state index contributed by atoms with van der Waals surface area (Å²) in [5, 5.41) is 9.42. The predicted octanol–water partition coefficient (Wildman–Crippen LogP) is 1.44. The Morgan fingerprint density at radius 2 is 2.12 bits per heavy atom. The number of para-hydroxylation sites is 1. The van der Waals surface area contributed by atoms with Gasteiger partial charge in [-0.3, -0.25) is 4.90 Å². The summed E-state index contributed by atoms with van der Waals surface area (Å²) in [6, 6.07) is 7.74. The molecule has 1 unspecified atom stereocenters. The summed E-state index contributed by atoms with van der Waals surface area (Å²) in [6.45, 7) is 2.65. The molecule has 4 heteroatoms.